The molecule has 24 heavy (non-hydrogen) atoms. The number of ether oxygens (including phenoxy) is 1. The fraction of sp³-hybridized carbons (Fsp3) is 0.647. The van der Waals surface area contributed by atoms with Crippen LogP contribution in [0.3, 0.4) is 0 Å². The highest BCUT2D eigenvalue weighted by atomic mass is 35.5. The third-order valence-electron chi connectivity index (χ3n) is 5.00. The number of rotatable bonds is 4. The molecule has 3 rings (SSSR count). The average Bonchev–Trinajstić information content (AvgIpc) is 3.06. The van der Waals surface area contributed by atoms with Crippen LogP contribution < -0.4 is 10.1 Å². The van der Waals surface area contributed by atoms with E-state index < -0.39 is 0 Å². The largest absolute Gasteiger partial charge is 0.503 e. The lowest BCUT2D eigenvalue weighted by Gasteiger charge is -2.39. The summed E-state index contributed by atoms with van der Waals surface area (Å²) in [5.41, 5.74) is 1.17. The number of methoxy groups -OCH3 is 1. The van der Waals surface area contributed by atoms with Crippen LogP contribution in [0, 0.1) is 5.92 Å². The summed E-state index contributed by atoms with van der Waals surface area (Å²) in [4.78, 5) is 2.56. The zero-order valence-corrected chi connectivity index (χ0v) is 16.4. The molecule has 1 heterocycles. The van der Waals surface area contributed by atoms with E-state index in [2.05, 4.69) is 10.2 Å². The molecule has 1 aromatic carbocycles. The highest BCUT2D eigenvalue weighted by Crippen LogP contribution is 2.44. The molecule has 1 atom stereocenters. The Morgan fingerprint density at radius 3 is 2.42 bits per heavy atom. The van der Waals surface area contributed by atoms with E-state index in [1.54, 1.807) is 7.11 Å². The summed E-state index contributed by atoms with van der Waals surface area (Å²) in [5, 5.41) is 13.8. The van der Waals surface area contributed by atoms with E-state index in [-0.39, 0.29) is 30.6 Å². The van der Waals surface area contributed by atoms with Gasteiger partial charge in [0, 0.05) is 32.2 Å². The number of aromatic hydroxyl groups is 1. The van der Waals surface area contributed by atoms with Gasteiger partial charge in [-0.15, -0.1) is 24.8 Å². The van der Waals surface area contributed by atoms with Crippen molar-refractivity contribution in [2.24, 2.45) is 5.92 Å². The Hall–Kier alpha value is -0.390. The number of nitrogens with zero attached hydrogens (tertiary/aromatic N) is 1. The van der Waals surface area contributed by atoms with Crippen molar-refractivity contribution in [2.75, 3.05) is 33.3 Å². The lowest BCUT2D eigenvalue weighted by molar-refractivity contribution is 0.125. The van der Waals surface area contributed by atoms with Crippen LogP contribution in [0.25, 0.3) is 0 Å². The standard InChI is InChI=1S/C17H25ClN2O2.2ClH/c1-22-15-11-13(10-14(18)17(15)21)16(12-4-2-3-5-12)20-8-6-19-7-9-20;;/h10-12,16,19,21H,2-9H2,1H3;2*1H/t16-;;/m0../s1. The zero-order chi connectivity index (χ0) is 15.5. The van der Waals surface area contributed by atoms with Crippen molar-refractivity contribution in [3.8, 4) is 11.5 Å². The second kappa shape index (κ2) is 9.93. The van der Waals surface area contributed by atoms with Crippen molar-refractivity contribution >= 4 is 36.4 Å². The van der Waals surface area contributed by atoms with Gasteiger partial charge >= 0.3 is 0 Å². The number of benzene rings is 1. The van der Waals surface area contributed by atoms with E-state index >= 15 is 0 Å². The van der Waals surface area contributed by atoms with Gasteiger partial charge in [0.25, 0.3) is 0 Å². The quantitative estimate of drug-likeness (QED) is 0.805. The molecular weight excluding hydrogens is 371 g/mol. The first-order valence-electron chi connectivity index (χ1n) is 8.22. The van der Waals surface area contributed by atoms with Gasteiger partial charge in [-0.2, -0.15) is 0 Å². The summed E-state index contributed by atoms with van der Waals surface area (Å²) in [6, 6.07) is 4.26. The van der Waals surface area contributed by atoms with Crippen molar-refractivity contribution in [3.05, 3.63) is 22.7 Å². The minimum Gasteiger partial charge on any atom is -0.503 e. The van der Waals surface area contributed by atoms with Gasteiger partial charge in [0.15, 0.2) is 11.5 Å². The molecule has 0 bridgehead atoms. The van der Waals surface area contributed by atoms with Crippen LogP contribution in [0.1, 0.15) is 37.3 Å². The van der Waals surface area contributed by atoms with Gasteiger partial charge < -0.3 is 15.2 Å². The molecule has 0 radical (unpaired) electrons. The Labute approximate surface area is 161 Å². The fourth-order valence-corrected chi connectivity index (χ4v) is 4.15. The third kappa shape index (κ3) is 4.61. The maximum Gasteiger partial charge on any atom is 0.176 e. The summed E-state index contributed by atoms with van der Waals surface area (Å²) in [7, 11) is 1.57. The SMILES string of the molecule is COc1cc([C@H](C2CCCC2)N2CCNCC2)cc(Cl)c1O.Cl.Cl. The number of halogens is 3. The molecule has 7 heteroatoms. The molecule has 1 saturated heterocycles. The summed E-state index contributed by atoms with van der Waals surface area (Å²) in [6.07, 6.45) is 5.18. The molecule has 0 unspecified atom stereocenters. The molecule has 1 aliphatic carbocycles. The minimum atomic E-state index is 0. The smallest absolute Gasteiger partial charge is 0.176 e. The predicted molar refractivity (Wildman–Crippen MR) is 103 cm³/mol. The fourth-order valence-electron chi connectivity index (χ4n) is 3.93. The molecule has 2 N–H and O–H groups in total. The summed E-state index contributed by atoms with van der Waals surface area (Å²) < 4.78 is 5.30. The Balaban J connectivity index is 0.00000144. The molecule has 1 saturated carbocycles. The maximum absolute atomic E-state index is 10.00. The highest BCUT2D eigenvalue weighted by molar-refractivity contribution is 6.32. The number of piperazine rings is 1. The second-order valence-corrected chi connectivity index (χ2v) is 6.74. The van der Waals surface area contributed by atoms with Crippen molar-refractivity contribution in [1.82, 2.24) is 10.2 Å². The van der Waals surface area contributed by atoms with Crippen LogP contribution in [0.4, 0.5) is 0 Å². The van der Waals surface area contributed by atoms with Gasteiger partial charge in [0.1, 0.15) is 0 Å². The topological polar surface area (TPSA) is 44.7 Å². The lowest BCUT2D eigenvalue weighted by atomic mass is 9.89. The number of phenolic OH excluding ortho intramolecular Hbond substituents is 1. The van der Waals surface area contributed by atoms with E-state index in [1.165, 1.54) is 31.2 Å². The first kappa shape index (κ1) is 21.7. The third-order valence-corrected chi connectivity index (χ3v) is 5.29. The monoisotopic (exact) mass is 396 g/mol. The molecule has 0 spiro atoms. The van der Waals surface area contributed by atoms with Gasteiger partial charge in [0.2, 0.25) is 0 Å². The Bertz CT molecular complexity index is 519. The van der Waals surface area contributed by atoms with Crippen LogP contribution in [0.2, 0.25) is 5.02 Å². The van der Waals surface area contributed by atoms with Crippen LogP contribution in [-0.2, 0) is 0 Å². The maximum atomic E-state index is 10.00. The van der Waals surface area contributed by atoms with Crippen LogP contribution in [0.5, 0.6) is 11.5 Å². The van der Waals surface area contributed by atoms with Gasteiger partial charge in [-0.05, 0) is 36.5 Å². The van der Waals surface area contributed by atoms with E-state index in [0.717, 1.165) is 26.2 Å². The predicted octanol–water partition coefficient (Wildman–Crippen LogP) is 4.03. The van der Waals surface area contributed by atoms with Gasteiger partial charge in [-0.3, -0.25) is 4.90 Å². The van der Waals surface area contributed by atoms with Crippen molar-refractivity contribution in [3.63, 3.8) is 0 Å². The lowest BCUT2D eigenvalue weighted by Crippen LogP contribution is -2.46. The first-order valence-corrected chi connectivity index (χ1v) is 8.59. The molecule has 4 nitrogen and oxygen atoms in total. The average molecular weight is 398 g/mol. The molecule has 1 aromatic rings. The molecule has 0 aromatic heterocycles. The summed E-state index contributed by atoms with van der Waals surface area (Å²) in [6.45, 7) is 4.18. The minimum absolute atomic E-state index is 0. The number of phenols is 1. The molecule has 2 aliphatic rings. The molecular formula is C17H27Cl3N2O2. The van der Waals surface area contributed by atoms with E-state index in [4.69, 9.17) is 16.3 Å². The normalized spacial score (nSPS) is 20.1. The van der Waals surface area contributed by atoms with Crippen molar-refractivity contribution in [1.29, 1.82) is 0 Å². The van der Waals surface area contributed by atoms with E-state index in [1.807, 2.05) is 12.1 Å². The Kier molecular flexibility index (Phi) is 8.96. The van der Waals surface area contributed by atoms with Crippen molar-refractivity contribution in [2.45, 2.75) is 31.7 Å². The highest BCUT2D eigenvalue weighted by Gasteiger charge is 2.32. The summed E-state index contributed by atoms with van der Waals surface area (Å²) in [5.74, 6) is 1.18. The second-order valence-electron chi connectivity index (χ2n) is 6.33. The van der Waals surface area contributed by atoms with Crippen LogP contribution in [0.15, 0.2) is 12.1 Å². The Morgan fingerprint density at radius 2 is 1.83 bits per heavy atom. The van der Waals surface area contributed by atoms with Gasteiger partial charge in [-0.1, -0.05) is 24.4 Å². The van der Waals surface area contributed by atoms with Gasteiger partial charge in [-0.25, -0.2) is 0 Å². The van der Waals surface area contributed by atoms with Gasteiger partial charge in [0.05, 0.1) is 12.1 Å². The molecule has 0 amide bonds. The number of nitrogens with one attached hydrogen (secondary N) is 1. The molecule has 2 fully saturated rings. The van der Waals surface area contributed by atoms with E-state index in [0.29, 0.717) is 22.7 Å². The zero-order valence-electron chi connectivity index (χ0n) is 14.0. The van der Waals surface area contributed by atoms with Crippen molar-refractivity contribution < 1.29 is 9.84 Å². The van der Waals surface area contributed by atoms with Crippen LogP contribution >= 0.6 is 36.4 Å². The molecule has 1 aliphatic heterocycles. The summed E-state index contributed by atoms with van der Waals surface area (Å²) >= 11 is 6.23. The number of hydrogen-bond acceptors (Lipinski definition) is 4. The van der Waals surface area contributed by atoms with Crippen LogP contribution in [-0.4, -0.2) is 43.3 Å². The van der Waals surface area contributed by atoms with E-state index in [9.17, 15) is 5.11 Å². The Morgan fingerprint density at radius 1 is 1.21 bits per heavy atom. The first-order chi connectivity index (χ1) is 10.7. The number of hydrogen-bond donors (Lipinski definition) is 2. The molecule has 138 valence electrons.